The van der Waals surface area contributed by atoms with Crippen LogP contribution in [-0.2, 0) is 9.53 Å². The molecular weight excluding hydrogens is 280 g/mol. The van der Waals surface area contributed by atoms with Crippen molar-refractivity contribution in [1.82, 2.24) is 5.32 Å². The minimum absolute atomic E-state index is 0.0583. The van der Waals surface area contributed by atoms with Crippen LogP contribution in [0.2, 0.25) is 5.02 Å². The van der Waals surface area contributed by atoms with Gasteiger partial charge in [-0.15, -0.1) is 0 Å². The molecule has 1 aromatic rings. The molecule has 20 heavy (non-hydrogen) atoms. The molecule has 2 amide bonds. The van der Waals surface area contributed by atoms with E-state index in [2.05, 4.69) is 5.32 Å². The molecule has 2 rings (SSSR count). The molecule has 6 heteroatoms. The zero-order valence-electron chi connectivity index (χ0n) is 11.3. The summed E-state index contributed by atoms with van der Waals surface area (Å²) in [4.78, 5) is 24.9. The molecule has 0 aliphatic carbocycles. The summed E-state index contributed by atoms with van der Waals surface area (Å²) in [5.41, 5.74) is 0.832. The number of hydrogen-bond donors (Lipinski definition) is 1. The lowest BCUT2D eigenvalue weighted by Crippen LogP contribution is -2.31. The predicted molar refractivity (Wildman–Crippen MR) is 76.9 cm³/mol. The quantitative estimate of drug-likeness (QED) is 0.928. The van der Waals surface area contributed by atoms with E-state index < -0.39 is 6.09 Å². The van der Waals surface area contributed by atoms with Gasteiger partial charge in [-0.2, -0.15) is 0 Å². The highest BCUT2D eigenvalue weighted by Gasteiger charge is 2.30. The molecule has 1 aliphatic rings. The normalized spacial score (nSPS) is 18.2. The third kappa shape index (κ3) is 3.63. The Morgan fingerprint density at radius 3 is 2.80 bits per heavy atom. The van der Waals surface area contributed by atoms with Crippen molar-refractivity contribution in [3.05, 3.63) is 29.3 Å². The summed E-state index contributed by atoms with van der Waals surface area (Å²) in [5.74, 6) is 0.158. The van der Waals surface area contributed by atoms with Crippen LogP contribution in [0, 0.1) is 5.92 Å². The molecular formula is C14H17ClN2O3. The van der Waals surface area contributed by atoms with E-state index in [1.807, 2.05) is 12.1 Å². The summed E-state index contributed by atoms with van der Waals surface area (Å²) in [7, 11) is 0. The number of nitrogens with one attached hydrogen (secondary N) is 1. The third-order valence-corrected chi connectivity index (χ3v) is 3.41. The van der Waals surface area contributed by atoms with Crippen LogP contribution in [0.5, 0.6) is 0 Å². The van der Waals surface area contributed by atoms with E-state index in [1.54, 1.807) is 24.0 Å². The fourth-order valence-corrected chi connectivity index (χ4v) is 2.32. The zero-order valence-corrected chi connectivity index (χ0v) is 12.0. The highest BCUT2D eigenvalue weighted by Crippen LogP contribution is 2.25. The first kappa shape index (κ1) is 14.7. The van der Waals surface area contributed by atoms with Gasteiger partial charge >= 0.3 is 6.09 Å². The van der Waals surface area contributed by atoms with Crippen molar-refractivity contribution in [3.8, 4) is 0 Å². The van der Waals surface area contributed by atoms with Crippen LogP contribution >= 0.6 is 11.6 Å². The third-order valence-electron chi connectivity index (χ3n) is 3.15. The number of amides is 2. The highest BCUT2D eigenvalue weighted by molar-refractivity contribution is 6.30. The van der Waals surface area contributed by atoms with E-state index >= 15 is 0 Å². The first-order chi connectivity index (χ1) is 9.60. The number of halogens is 1. The molecule has 0 unspecified atom stereocenters. The first-order valence-corrected chi connectivity index (χ1v) is 6.94. The first-order valence-electron chi connectivity index (χ1n) is 6.56. The minimum atomic E-state index is -0.440. The van der Waals surface area contributed by atoms with Gasteiger partial charge < -0.3 is 15.0 Å². The van der Waals surface area contributed by atoms with Crippen LogP contribution in [0.25, 0.3) is 0 Å². The van der Waals surface area contributed by atoms with E-state index in [1.165, 1.54) is 0 Å². The van der Waals surface area contributed by atoms with Crippen molar-refractivity contribution in [2.24, 2.45) is 5.92 Å². The number of alkyl carbamates (subject to hydrolysis) is 1. The summed E-state index contributed by atoms with van der Waals surface area (Å²) >= 11 is 5.83. The van der Waals surface area contributed by atoms with Crippen LogP contribution in [0.15, 0.2) is 24.3 Å². The summed E-state index contributed by atoms with van der Waals surface area (Å²) in [5, 5.41) is 3.31. The maximum absolute atomic E-state index is 12.0. The Hall–Kier alpha value is -1.75. The minimum Gasteiger partial charge on any atom is -0.450 e. The summed E-state index contributed by atoms with van der Waals surface area (Å²) in [6, 6.07) is 7.16. The van der Waals surface area contributed by atoms with Crippen LogP contribution < -0.4 is 10.2 Å². The molecule has 0 radical (unpaired) electrons. The molecule has 1 aliphatic heterocycles. The van der Waals surface area contributed by atoms with Crippen molar-refractivity contribution in [1.29, 1.82) is 0 Å². The van der Waals surface area contributed by atoms with Gasteiger partial charge in [0.25, 0.3) is 0 Å². The molecule has 1 heterocycles. The van der Waals surface area contributed by atoms with E-state index in [0.717, 1.165) is 5.69 Å². The summed E-state index contributed by atoms with van der Waals surface area (Å²) < 4.78 is 4.79. The van der Waals surface area contributed by atoms with E-state index in [4.69, 9.17) is 16.3 Å². The standard InChI is InChI=1S/C14H17ClN2O3/c1-2-20-14(19)16-8-10-7-13(18)17(9-10)12-5-3-11(15)4-6-12/h3-6,10H,2,7-9H2,1H3,(H,16,19)/t10-/m1/s1. The molecule has 0 saturated carbocycles. The van der Waals surface area contributed by atoms with Crippen molar-refractivity contribution >= 4 is 29.3 Å². The second kappa shape index (κ2) is 6.61. The lowest BCUT2D eigenvalue weighted by Gasteiger charge is -2.17. The molecule has 0 bridgehead atoms. The van der Waals surface area contributed by atoms with Crippen LogP contribution in [0.3, 0.4) is 0 Å². The number of ether oxygens (including phenoxy) is 1. The van der Waals surface area contributed by atoms with Crippen LogP contribution in [0.4, 0.5) is 10.5 Å². The fourth-order valence-electron chi connectivity index (χ4n) is 2.20. The second-order valence-corrected chi connectivity index (χ2v) is 5.09. The monoisotopic (exact) mass is 296 g/mol. The van der Waals surface area contributed by atoms with Gasteiger partial charge in [-0.1, -0.05) is 11.6 Å². The Kier molecular flexibility index (Phi) is 4.84. The summed E-state index contributed by atoms with van der Waals surface area (Å²) in [6.07, 6.45) is -0.0143. The molecule has 1 N–H and O–H groups in total. The largest absolute Gasteiger partial charge is 0.450 e. The summed E-state index contributed by atoms with van der Waals surface area (Å²) in [6.45, 7) is 3.12. The fraction of sp³-hybridized carbons (Fsp3) is 0.429. The van der Waals surface area contributed by atoms with E-state index in [-0.39, 0.29) is 11.8 Å². The van der Waals surface area contributed by atoms with Gasteiger partial charge in [-0.3, -0.25) is 4.79 Å². The van der Waals surface area contributed by atoms with Gasteiger partial charge in [0.15, 0.2) is 0 Å². The van der Waals surface area contributed by atoms with Crippen molar-refractivity contribution < 1.29 is 14.3 Å². The number of nitrogens with zero attached hydrogens (tertiary/aromatic N) is 1. The SMILES string of the molecule is CCOC(=O)NC[C@H]1CC(=O)N(c2ccc(Cl)cc2)C1. The Morgan fingerprint density at radius 1 is 1.45 bits per heavy atom. The van der Waals surface area contributed by atoms with Gasteiger partial charge in [-0.05, 0) is 31.2 Å². The van der Waals surface area contributed by atoms with Crippen molar-refractivity contribution in [2.75, 3.05) is 24.6 Å². The maximum atomic E-state index is 12.0. The number of hydrogen-bond acceptors (Lipinski definition) is 3. The van der Waals surface area contributed by atoms with Gasteiger partial charge in [0, 0.05) is 36.1 Å². The highest BCUT2D eigenvalue weighted by atomic mass is 35.5. The molecule has 0 spiro atoms. The Balaban J connectivity index is 1.90. The number of rotatable bonds is 4. The average molecular weight is 297 g/mol. The molecule has 108 valence electrons. The van der Waals surface area contributed by atoms with Gasteiger partial charge in [0.05, 0.1) is 6.61 Å². The van der Waals surface area contributed by atoms with Crippen LogP contribution in [-0.4, -0.2) is 31.7 Å². The molecule has 1 atom stereocenters. The Morgan fingerprint density at radius 2 is 2.15 bits per heavy atom. The van der Waals surface area contributed by atoms with E-state index in [0.29, 0.717) is 31.1 Å². The van der Waals surface area contributed by atoms with Gasteiger partial charge in [0.2, 0.25) is 5.91 Å². The van der Waals surface area contributed by atoms with E-state index in [9.17, 15) is 9.59 Å². The Labute approximate surface area is 122 Å². The molecule has 1 fully saturated rings. The molecule has 5 nitrogen and oxygen atoms in total. The molecule has 1 saturated heterocycles. The average Bonchev–Trinajstić information content (AvgIpc) is 2.79. The van der Waals surface area contributed by atoms with Crippen molar-refractivity contribution in [3.63, 3.8) is 0 Å². The van der Waals surface area contributed by atoms with Crippen molar-refractivity contribution in [2.45, 2.75) is 13.3 Å². The zero-order chi connectivity index (χ0) is 14.5. The topological polar surface area (TPSA) is 58.6 Å². The molecule has 1 aromatic carbocycles. The predicted octanol–water partition coefficient (Wildman–Crippen LogP) is 2.44. The smallest absolute Gasteiger partial charge is 0.407 e. The number of benzene rings is 1. The number of anilines is 1. The lowest BCUT2D eigenvalue weighted by atomic mass is 10.1. The number of carbonyl (C=O) groups excluding carboxylic acids is 2. The maximum Gasteiger partial charge on any atom is 0.407 e. The van der Waals surface area contributed by atoms with Crippen LogP contribution in [0.1, 0.15) is 13.3 Å². The Bertz CT molecular complexity index is 490. The van der Waals surface area contributed by atoms with Gasteiger partial charge in [0.1, 0.15) is 0 Å². The number of carbonyl (C=O) groups is 2. The second-order valence-electron chi connectivity index (χ2n) is 4.65. The van der Waals surface area contributed by atoms with Gasteiger partial charge in [-0.25, -0.2) is 4.79 Å². The molecule has 0 aromatic heterocycles. The lowest BCUT2D eigenvalue weighted by molar-refractivity contribution is -0.117.